The molecule has 0 amide bonds. The van der Waals surface area contributed by atoms with Gasteiger partial charge in [0.15, 0.2) is 0 Å². The molecule has 0 saturated heterocycles. The summed E-state index contributed by atoms with van der Waals surface area (Å²) >= 11 is 1.64. The number of carbonyl (C=O) groups is 1. The van der Waals surface area contributed by atoms with E-state index in [1.54, 1.807) is 11.3 Å². The van der Waals surface area contributed by atoms with Crippen molar-refractivity contribution in [3.05, 3.63) is 21.9 Å². The van der Waals surface area contributed by atoms with Crippen molar-refractivity contribution in [2.24, 2.45) is 0 Å². The van der Waals surface area contributed by atoms with Crippen LogP contribution in [0.4, 0.5) is 0 Å². The number of carboxylic acids is 1. The molecule has 4 heteroatoms. The van der Waals surface area contributed by atoms with Gasteiger partial charge in [-0.3, -0.25) is 4.79 Å². The number of carboxylic acid groups (broad SMARTS) is 1. The molecule has 0 radical (unpaired) electrons. The predicted octanol–water partition coefficient (Wildman–Crippen LogP) is 1.02. The van der Waals surface area contributed by atoms with Crippen molar-refractivity contribution < 1.29 is 9.90 Å². The Hall–Kier alpha value is -0.870. The fourth-order valence-electron chi connectivity index (χ4n) is 1.47. The third-order valence-electron chi connectivity index (χ3n) is 2.04. The summed E-state index contributed by atoms with van der Waals surface area (Å²) in [4.78, 5) is 12.0. The highest BCUT2D eigenvalue weighted by Gasteiger charge is 2.25. The Bertz CT molecular complexity index is 308. The second-order valence-electron chi connectivity index (χ2n) is 2.77. The van der Waals surface area contributed by atoms with Gasteiger partial charge in [0.1, 0.15) is 6.04 Å². The molecule has 2 rings (SSSR count). The van der Waals surface area contributed by atoms with E-state index in [0.29, 0.717) is 0 Å². The average molecular weight is 183 g/mol. The predicted molar refractivity (Wildman–Crippen MR) is 46.4 cm³/mol. The molecule has 1 aromatic heterocycles. The minimum Gasteiger partial charge on any atom is -0.480 e. The van der Waals surface area contributed by atoms with Crippen LogP contribution in [0.15, 0.2) is 11.4 Å². The summed E-state index contributed by atoms with van der Waals surface area (Å²) in [6, 6.07) is 1.41. The quantitative estimate of drug-likeness (QED) is 0.683. The molecule has 0 fully saturated rings. The summed E-state index contributed by atoms with van der Waals surface area (Å²) in [7, 11) is 0. The van der Waals surface area contributed by atoms with Crippen molar-refractivity contribution in [3.63, 3.8) is 0 Å². The number of aliphatic carboxylic acids is 1. The van der Waals surface area contributed by atoms with Crippen LogP contribution in [0.1, 0.15) is 16.5 Å². The summed E-state index contributed by atoms with van der Waals surface area (Å²) in [5.41, 5.74) is 0.943. The molecule has 1 aliphatic rings. The number of hydrogen-bond acceptors (Lipinski definition) is 3. The van der Waals surface area contributed by atoms with Gasteiger partial charge in [0.2, 0.25) is 0 Å². The molecule has 64 valence electrons. The third-order valence-corrected chi connectivity index (χ3v) is 3.03. The Morgan fingerprint density at radius 3 is 3.33 bits per heavy atom. The highest BCUT2D eigenvalue weighted by Crippen LogP contribution is 2.27. The van der Waals surface area contributed by atoms with Crippen molar-refractivity contribution in [3.8, 4) is 0 Å². The van der Waals surface area contributed by atoms with Gasteiger partial charge in [0.05, 0.1) is 0 Å². The largest absolute Gasteiger partial charge is 0.480 e. The second kappa shape index (κ2) is 2.88. The van der Waals surface area contributed by atoms with Crippen LogP contribution in [-0.2, 0) is 11.2 Å². The van der Waals surface area contributed by atoms with E-state index in [4.69, 9.17) is 5.11 Å². The van der Waals surface area contributed by atoms with Crippen molar-refractivity contribution in [2.45, 2.75) is 12.5 Å². The molecule has 3 nitrogen and oxygen atoms in total. The minimum atomic E-state index is -0.783. The fraction of sp³-hybridized carbons (Fsp3) is 0.375. The molecule has 2 heterocycles. The van der Waals surface area contributed by atoms with Crippen molar-refractivity contribution in [1.29, 1.82) is 0 Å². The van der Waals surface area contributed by atoms with E-state index in [2.05, 4.69) is 5.32 Å². The van der Waals surface area contributed by atoms with Gasteiger partial charge in [0, 0.05) is 11.4 Å². The van der Waals surface area contributed by atoms with Gasteiger partial charge < -0.3 is 10.4 Å². The zero-order valence-corrected chi connectivity index (χ0v) is 7.23. The lowest BCUT2D eigenvalue weighted by atomic mass is 10.0. The SMILES string of the molecule is O=C(O)C1NCCc2sccc21. The molecule has 1 atom stereocenters. The third kappa shape index (κ3) is 1.13. The van der Waals surface area contributed by atoms with Crippen LogP contribution in [0.5, 0.6) is 0 Å². The fourth-order valence-corrected chi connectivity index (χ4v) is 2.39. The van der Waals surface area contributed by atoms with Gasteiger partial charge in [-0.25, -0.2) is 0 Å². The van der Waals surface area contributed by atoms with Crippen LogP contribution in [0.2, 0.25) is 0 Å². The standard InChI is InChI=1S/C8H9NO2S/c10-8(11)7-5-2-4-12-6(5)1-3-9-7/h2,4,7,9H,1,3H2,(H,10,11). The lowest BCUT2D eigenvalue weighted by Crippen LogP contribution is -2.33. The first-order valence-electron chi connectivity index (χ1n) is 3.81. The number of nitrogens with one attached hydrogen (secondary N) is 1. The lowest BCUT2D eigenvalue weighted by molar-refractivity contribution is -0.139. The Morgan fingerprint density at radius 1 is 1.75 bits per heavy atom. The Morgan fingerprint density at radius 2 is 2.58 bits per heavy atom. The number of thiophene rings is 1. The molecule has 2 N–H and O–H groups in total. The van der Waals surface area contributed by atoms with Crippen molar-refractivity contribution in [2.75, 3.05) is 6.54 Å². The minimum absolute atomic E-state index is 0.486. The van der Waals surface area contributed by atoms with Crippen LogP contribution in [0, 0.1) is 0 Å². The number of hydrogen-bond donors (Lipinski definition) is 2. The summed E-state index contributed by atoms with van der Waals surface area (Å²) in [5, 5.41) is 13.8. The Balaban J connectivity index is 2.37. The molecule has 0 aromatic carbocycles. The van der Waals surface area contributed by atoms with E-state index in [1.807, 2.05) is 11.4 Å². The number of fused-ring (bicyclic) bond motifs is 1. The molecule has 1 aromatic rings. The van der Waals surface area contributed by atoms with Crippen LogP contribution in [0.3, 0.4) is 0 Å². The molecule has 0 bridgehead atoms. The number of rotatable bonds is 1. The smallest absolute Gasteiger partial charge is 0.325 e. The van der Waals surface area contributed by atoms with Crippen LogP contribution in [0.25, 0.3) is 0 Å². The van der Waals surface area contributed by atoms with E-state index < -0.39 is 12.0 Å². The molecular formula is C8H9NO2S. The summed E-state index contributed by atoms with van der Waals surface area (Å²) in [6.07, 6.45) is 0.955. The van der Waals surface area contributed by atoms with Crippen molar-refractivity contribution in [1.82, 2.24) is 5.32 Å². The zero-order chi connectivity index (χ0) is 8.55. The summed E-state index contributed by atoms with van der Waals surface area (Å²) in [5.74, 6) is -0.783. The van der Waals surface area contributed by atoms with Gasteiger partial charge in [-0.05, 0) is 23.4 Å². The molecule has 0 aliphatic carbocycles. The van der Waals surface area contributed by atoms with Gasteiger partial charge in [-0.2, -0.15) is 0 Å². The van der Waals surface area contributed by atoms with Gasteiger partial charge in [0.25, 0.3) is 0 Å². The maximum atomic E-state index is 10.8. The molecule has 0 spiro atoms. The topological polar surface area (TPSA) is 49.3 Å². The summed E-state index contributed by atoms with van der Waals surface area (Å²) in [6.45, 7) is 0.768. The van der Waals surface area contributed by atoms with E-state index in [9.17, 15) is 4.79 Å². The average Bonchev–Trinajstić information content (AvgIpc) is 2.49. The van der Waals surface area contributed by atoms with Gasteiger partial charge in [-0.15, -0.1) is 11.3 Å². The maximum Gasteiger partial charge on any atom is 0.325 e. The second-order valence-corrected chi connectivity index (χ2v) is 3.78. The molecule has 1 aliphatic heterocycles. The molecule has 1 unspecified atom stereocenters. The van der Waals surface area contributed by atoms with E-state index in [0.717, 1.165) is 18.5 Å². The van der Waals surface area contributed by atoms with Crippen LogP contribution < -0.4 is 5.32 Å². The maximum absolute atomic E-state index is 10.8. The monoisotopic (exact) mass is 183 g/mol. The molecule has 12 heavy (non-hydrogen) atoms. The molecule has 0 saturated carbocycles. The lowest BCUT2D eigenvalue weighted by Gasteiger charge is -2.20. The van der Waals surface area contributed by atoms with E-state index in [-0.39, 0.29) is 0 Å². The first-order chi connectivity index (χ1) is 5.79. The Kier molecular flexibility index (Phi) is 1.86. The van der Waals surface area contributed by atoms with Crippen molar-refractivity contribution >= 4 is 17.3 Å². The van der Waals surface area contributed by atoms with Crippen LogP contribution in [-0.4, -0.2) is 17.6 Å². The van der Waals surface area contributed by atoms with E-state index >= 15 is 0 Å². The first-order valence-corrected chi connectivity index (χ1v) is 4.69. The first kappa shape index (κ1) is 7.76. The molecular weight excluding hydrogens is 174 g/mol. The highest BCUT2D eigenvalue weighted by atomic mass is 32.1. The summed E-state index contributed by atoms with van der Waals surface area (Å²) < 4.78 is 0. The van der Waals surface area contributed by atoms with Crippen LogP contribution >= 0.6 is 11.3 Å². The van der Waals surface area contributed by atoms with E-state index in [1.165, 1.54) is 4.88 Å². The van der Waals surface area contributed by atoms with Gasteiger partial charge >= 0.3 is 5.97 Å². The highest BCUT2D eigenvalue weighted by molar-refractivity contribution is 7.10. The zero-order valence-electron chi connectivity index (χ0n) is 6.41. The Labute approximate surface area is 74.0 Å². The normalized spacial score (nSPS) is 21.8. The van der Waals surface area contributed by atoms with Gasteiger partial charge in [-0.1, -0.05) is 0 Å².